The topological polar surface area (TPSA) is 128 Å². The van der Waals surface area contributed by atoms with Crippen LogP contribution in [0.2, 0.25) is 0 Å². The molecule has 37 heavy (non-hydrogen) atoms. The predicted molar refractivity (Wildman–Crippen MR) is 142 cm³/mol. The number of piperidine rings is 1. The van der Waals surface area contributed by atoms with Crippen LogP contribution >= 0.6 is 0 Å². The van der Waals surface area contributed by atoms with E-state index in [-0.39, 0.29) is 30.2 Å². The maximum atomic E-state index is 14.0. The molecule has 0 spiro atoms. The highest BCUT2D eigenvalue weighted by molar-refractivity contribution is 5.85. The van der Waals surface area contributed by atoms with Crippen molar-refractivity contribution in [1.82, 2.24) is 18.9 Å². The van der Waals surface area contributed by atoms with E-state index in [4.69, 9.17) is 5.73 Å². The molecule has 0 saturated carbocycles. The van der Waals surface area contributed by atoms with Gasteiger partial charge in [-0.2, -0.15) is 0 Å². The van der Waals surface area contributed by atoms with Gasteiger partial charge >= 0.3 is 5.97 Å². The van der Waals surface area contributed by atoms with Crippen LogP contribution in [0.3, 0.4) is 0 Å². The first-order chi connectivity index (χ1) is 17.9. The van der Waals surface area contributed by atoms with Crippen LogP contribution in [0.5, 0.6) is 0 Å². The van der Waals surface area contributed by atoms with Crippen LogP contribution in [-0.4, -0.2) is 49.1 Å². The second kappa shape index (κ2) is 9.95. The van der Waals surface area contributed by atoms with Crippen LogP contribution in [0.25, 0.3) is 21.8 Å². The minimum Gasteiger partial charge on any atom is -0.480 e. The lowest BCUT2D eigenvalue weighted by Gasteiger charge is -2.31. The molecule has 0 radical (unpaired) electrons. The Bertz CT molecular complexity index is 1680. The molecule has 10 nitrogen and oxygen atoms in total. The van der Waals surface area contributed by atoms with Crippen LogP contribution in [0.4, 0.5) is 5.95 Å². The van der Waals surface area contributed by atoms with E-state index in [1.807, 2.05) is 47.4 Å². The first-order valence-electron chi connectivity index (χ1n) is 12.2. The van der Waals surface area contributed by atoms with Crippen molar-refractivity contribution in [2.24, 2.45) is 5.73 Å². The molecule has 2 aromatic carbocycles. The fourth-order valence-corrected chi connectivity index (χ4v) is 5.05. The summed E-state index contributed by atoms with van der Waals surface area (Å²) in [6.45, 7) is 2.45. The van der Waals surface area contributed by atoms with E-state index in [1.54, 1.807) is 11.5 Å². The summed E-state index contributed by atoms with van der Waals surface area (Å²) in [4.78, 5) is 46.0. The van der Waals surface area contributed by atoms with Crippen molar-refractivity contribution >= 4 is 33.7 Å². The molecule has 1 aliphatic rings. The third kappa shape index (κ3) is 4.49. The summed E-state index contributed by atoms with van der Waals surface area (Å²) in [5.74, 6) is 5.05. The van der Waals surface area contributed by atoms with Gasteiger partial charge in [-0.3, -0.25) is 19.0 Å². The molecule has 3 heterocycles. The number of carbonyl (C=O) groups is 1. The molecule has 4 aromatic rings. The Morgan fingerprint density at radius 3 is 2.68 bits per heavy atom. The molecule has 1 unspecified atom stereocenters. The highest BCUT2D eigenvalue weighted by atomic mass is 16.4. The minimum atomic E-state index is -1.23. The smallest absolute Gasteiger partial charge is 0.325 e. The lowest BCUT2D eigenvalue weighted by Crippen LogP contribution is -2.44. The zero-order valence-corrected chi connectivity index (χ0v) is 20.6. The van der Waals surface area contributed by atoms with Crippen molar-refractivity contribution in [3.63, 3.8) is 0 Å². The summed E-state index contributed by atoms with van der Waals surface area (Å²) in [7, 11) is 0. The summed E-state index contributed by atoms with van der Waals surface area (Å²) in [5, 5.41) is 11.5. The van der Waals surface area contributed by atoms with Crippen LogP contribution in [-0.2, 0) is 24.4 Å². The van der Waals surface area contributed by atoms with Gasteiger partial charge in [-0.15, -0.1) is 5.92 Å². The number of nitrogens with zero attached hydrogens (tertiary/aromatic N) is 5. The molecule has 1 fully saturated rings. The molecule has 1 saturated heterocycles. The van der Waals surface area contributed by atoms with E-state index in [2.05, 4.69) is 16.8 Å². The fraction of sp³-hybridized carbons (Fsp3) is 0.333. The number of hydrogen-bond acceptors (Lipinski definition) is 6. The summed E-state index contributed by atoms with van der Waals surface area (Å²) in [6, 6.07) is 13.4. The molecule has 190 valence electrons. The number of rotatable bonds is 6. The number of hydrogen-bond donors (Lipinski definition) is 2. The standard InChI is InChI=1S/C27H28N6O4/c1-2-3-14-31-24-23(29-27(31)30-13-7-11-20(28)16-30)25(36)33(17-22(34)35)32(26(24)37)15-19-10-6-9-18-8-4-5-12-21(18)19/h4-6,8-10,12,20H,7,11,13-17,28H2,1H3,(H,34,35). The molecule has 0 bridgehead atoms. The second-order valence-electron chi connectivity index (χ2n) is 9.23. The third-order valence-electron chi connectivity index (χ3n) is 6.75. The Hall–Kier alpha value is -4.36. The van der Waals surface area contributed by atoms with Gasteiger partial charge in [0.1, 0.15) is 12.1 Å². The van der Waals surface area contributed by atoms with Gasteiger partial charge in [-0.25, -0.2) is 14.3 Å². The Labute approximate surface area is 212 Å². The fourth-order valence-electron chi connectivity index (χ4n) is 5.05. The molecule has 3 N–H and O–H groups in total. The molecule has 5 rings (SSSR count). The van der Waals surface area contributed by atoms with Gasteiger partial charge in [0.2, 0.25) is 5.95 Å². The zero-order chi connectivity index (χ0) is 26.1. The summed E-state index contributed by atoms with van der Waals surface area (Å²) < 4.78 is 3.85. The van der Waals surface area contributed by atoms with Crippen molar-refractivity contribution in [2.45, 2.75) is 45.4 Å². The molecular formula is C27H28N6O4. The Kier molecular flexibility index (Phi) is 6.54. The Balaban J connectivity index is 1.77. The Morgan fingerprint density at radius 2 is 1.92 bits per heavy atom. The van der Waals surface area contributed by atoms with Gasteiger partial charge in [0.05, 0.1) is 13.1 Å². The van der Waals surface area contributed by atoms with E-state index >= 15 is 0 Å². The van der Waals surface area contributed by atoms with Gasteiger partial charge in [-0.05, 0) is 36.1 Å². The molecule has 0 aliphatic carbocycles. The molecule has 10 heteroatoms. The number of carboxylic acids is 1. The van der Waals surface area contributed by atoms with Gasteiger partial charge in [0.15, 0.2) is 5.52 Å². The molecule has 1 aliphatic heterocycles. The third-order valence-corrected chi connectivity index (χ3v) is 6.75. The number of imidazole rings is 1. The van der Waals surface area contributed by atoms with Gasteiger partial charge < -0.3 is 15.7 Å². The van der Waals surface area contributed by atoms with Crippen molar-refractivity contribution < 1.29 is 9.90 Å². The normalized spacial score (nSPS) is 15.6. The van der Waals surface area contributed by atoms with Crippen LogP contribution < -0.4 is 21.8 Å². The summed E-state index contributed by atoms with van der Waals surface area (Å²) in [5.41, 5.74) is 5.91. The van der Waals surface area contributed by atoms with Crippen molar-refractivity contribution in [2.75, 3.05) is 18.0 Å². The SMILES string of the molecule is CC#CCn1c(N2CCCC(N)C2)nc2c(=O)n(CC(=O)O)n(Cc3cccc4ccccc34)c(=O)c21. The highest BCUT2D eigenvalue weighted by Gasteiger charge is 2.27. The summed E-state index contributed by atoms with van der Waals surface area (Å²) in [6.07, 6.45) is 1.74. The maximum Gasteiger partial charge on any atom is 0.325 e. The molecule has 1 atom stereocenters. The molecule has 0 amide bonds. The first-order valence-corrected chi connectivity index (χ1v) is 12.2. The lowest BCUT2D eigenvalue weighted by atomic mass is 10.0. The van der Waals surface area contributed by atoms with E-state index in [0.29, 0.717) is 19.0 Å². The molecular weight excluding hydrogens is 472 g/mol. The zero-order valence-electron chi connectivity index (χ0n) is 20.6. The van der Waals surface area contributed by atoms with Crippen LogP contribution in [0.15, 0.2) is 52.1 Å². The van der Waals surface area contributed by atoms with E-state index in [1.165, 1.54) is 4.68 Å². The average molecular weight is 501 g/mol. The largest absolute Gasteiger partial charge is 0.480 e. The minimum absolute atomic E-state index is 0.0210. The predicted octanol–water partition coefficient (Wildman–Crippen LogP) is 1.60. The van der Waals surface area contributed by atoms with E-state index in [9.17, 15) is 19.5 Å². The van der Waals surface area contributed by atoms with E-state index in [0.717, 1.165) is 33.9 Å². The number of aliphatic carboxylic acids is 1. The van der Waals surface area contributed by atoms with Gasteiger partial charge in [0, 0.05) is 19.1 Å². The molecule has 2 aromatic heterocycles. The van der Waals surface area contributed by atoms with Crippen molar-refractivity contribution in [3.05, 3.63) is 68.7 Å². The number of benzene rings is 2. The van der Waals surface area contributed by atoms with Crippen LogP contribution in [0.1, 0.15) is 25.3 Å². The maximum absolute atomic E-state index is 14.0. The average Bonchev–Trinajstić information content (AvgIpc) is 3.28. The van der Waals surface area contributed by atoms with Crippen molar-refractivity contribution in [3.8, 4) is 11.8 Å². The number of aromatic nitrogens is 4. The number of fused-ring (bicyclic) bond motifs is 2. The Morgan fingerprint density at radius 1 is 1.14 bits per heavy atom. The van der Waals surface area contributed by atoms with E-state index < -0.39 is 23.6 Å². The number of nitrogens with two attached hydrogens (primary N) is 1. The number of carboxylic acid groups (broad SMARTS) is 1. The van der Waals surface area contributed by atoms with Crippen LogP contribution in [0, 0.1) is 11.8 Å². The lowest BCUT2D eigenvalue weighted by molar-refractivity contribution is -0.138. The summed E-state index contributed by atoms with van der Waals surface area (Å²) >= 11 is 0. The van der Waals surface area contributed by atoms with Gasteiger partial charge in [-0.1, -0.05) is 48.4 Å². The first kappa shape index (κ1) is 24.3. The second-order valence-corrected chi connectivity index (χ2v) is 9.23. The van der Waals surface area contributed by atoms with Crippen molar-refractivity contribution in [1.29, 1.82) is 0 Å². The van der Waals surface area contributed by atoms with Gasteiger partial charge in [0.25, 0.3) is 11.1 Å². The quantitative estimate of drug-likeness (QED) is 0.385. The highest BCUT2D eigenvalue weighted by Crippen LogP contribution is 2.23. The monoisotopic (exact) mass is 500 g/mol. The number of anilines is 1.